The van der Waals surface area contributed by atoms with Crippen molar-refractivity contribution in [2.24, 2.45) is 10.9 Å². The summed E-state index contributed by atoms with van der Waals surface area (Å²) >= 11 is 5.91. The number of halogens is 2. The highest BCUT2D eigenvalue weighted by atomic mass is 127. The third-order valence-corrected chi connectivity index (χ3v) is 4.55. The minimum Gasteiger partial charge on any atom is -0.382 e. The van der Waals surface area contributed by atoms with E-state index in [0.717, 1.165) is 16.9 Å². The predicted octanol–water partition coefficient (Wildman–Crippen LogP) is 1.50. The molecule has 1 saturated heterocycles. The van der Waals surface area contributed by atoms with Crippen molar-refractivity contribution in [3.05, 3.63) is 10.6 Å². The molecule has 1 fully saturated rings. The molecule has 96 valence electrons. The average molecular weight is 416 g/mol. The number of rotatable bonds is 5. The second kappa shape index (κ2) is 6.46. The number of aliphatic imine (C=N–C) groups is 1. The molecule has 0 saturated carbocycles. The Morgan fingerprint density at radius 1 is 1.65 bits per heavy atom. The number of dihydropyridines is 1. The van der Waals surface area contributed by atoms with Crippen LogP contribution in [0.15, 0.2) is 15.6 Å². The quantitative estimate of drug-likeness (QED) is 0.320. The lowest BCUT2D eigenvalue weighted by Gasteiger charge is -2.20. The van der Waals surface area contributed by atoms with E-state index in [-0.39, 0.29) is 0 Å². The summed E-state index contributed by atoms with van der Waals surface area (Å²) in [7, 11) is 1.67. The van der Waals surface area contributed by atoms with Gasteiger partial charge in [0.15, 0.2) is 0 Å². The molecule has 0 radical (unpaired) electrons. The highest BCUT2D eigenvalue weighted by molar-refractivity contribution is 14.1. The van der Waals surface area contributed by atoms with E-state index >= 15 is 0 Å². The summed E-state index contributed by atoms with van der Waals surface area (Å²) in [5.41, 5.74) is 3.28. The Kier molecular flexibility index (Phi) is 5.22. The van der Waals surface area contributed by atoms with Crippen LogP contribution in [-0.2, 0) is 9.47 Å². The first-order chi connectivity index (χ1) is 8.22. The van der Waals surface area contributed by atoms with Gasteiger partial charge in [0, 0.05) is 11.6 Å². The minimum atomic E-state index is 0.321. The van der Waals surface area contributed by atoms with Gasteiger partial charge in [-0.25, -0.2) is 0 Å². The highest BCUT2D eigenvalue weighted by Gasteiger charge is 2.37. The number of hydrazine groups is 1. The Balaban J connectivity index is 1.86. The smallest absolute Gasteiger partial charge is 0.121 e. The molecule has 0 bridgehead atoms. The van der Waals surface area contributed by atoms with Gasteiger partial charge in [0.25, 0.3) is 0 Å². The average Bonchev–Trinajstić information content (AvgIpc) is 2.62. The third kappa shape index (κ3) is 3.40. The van der Waals surface area contributed by atoms with Crippen molar-refractivity contribution in [1.82, 2.24) is 10.4 Å². The maximum atomic E-state index is 5.51. The topological polar surface area (TPSA) is 46.1 Å². The van der Waals surface area contributed by atoms with Crippen LogP contribution in [0.5, 0.6) is 0 Å². The molecule has 17 heavy (non-hydrogen) atoms. The van der Waals surface area contributed by atoms with Crippen LogP contribution in [0.2, 0.25) is 0 Å². The molecule has 2 rings (SSSR count). The van der Waals surface area contributed by atoms with Crippen LogP contribution < -0.4 is 5.43 Å². The van der Waals surface area contributed by atoms with Crippen LogP contribution in [0.3, 0.4) is 0 Å². The lowest BCUT2D eigenvalue weighted by Crippen LogP contribution is -2.38. The number of hydrogen-bond donors (Lipinski definition) is 1. The van der Waals surface area contributed by atoms with Gasteiger partial charge in [-0.1, -0.05) is 44.6 Å². The van der Waals surface area contributed by atoms with E-state index in [0.29, 0.717) is 29.9 Å². The summed E-state index contributed by atoms with van der Waals surface area (Å²) in [6.07, 6.45) is 2.21. The van der Waals surface area contributed by atoms with E-state index in [9.17, 15) is 0 Å². The second-order valence-corrected chi connectivity index (χ2v) is 6.12. The van der Waals surface area contributed by atoms with Gasteiger partial charge in [-0.05, 0) is 0 Å². The van der Waals surface area contributed by atoms with Crippen molar-refractivity contribution in [3.8, 4) is 0 Å². The molecule has 1 N–H and O–H groups in total. The summed E-state index contributed by atoms with van der Waals surface area (Å²) in [5, 5.41) is 2.06. The van der Waals surface area contributed by atoms with E-state index < -0.39 is 0 Å². The normalized spacial score (nSPS) is 28.4. The summed E-state index contributed by atoms with van der Waals surface area (Å²) in [5.74, 6) is 1.35. The summed E-state index contributed by atoms with van der Waals surface area (Å²) in [6, 6.07) is 0. The second-order valence-electron chi connectivity index (χ2n) is 3.83. The maximum absolute atomic E-state index is 5.51. The molecular formula is C10H15BrIN3O2. The molecular weight excluding hydrogens is 401 g/mol. The Bertz CT molecular complexity index is 338. The van der Waals surface area contributed by atoms with Crippen molar-refractivity contribution in [2.75, 3.05) is 33.6 Å². The van der Waals surface area contributed by atoms with Crippen molar-refractivity contribution in [3.63, 3.8) is 0 Å². The molecule has 2 atom stereocenters. The zero-order valence-corrected chi connectivity index (χ0v) is 13.3. The van der Waals surface area contributed by atoms with Gasteiger partial charge in [0.1, 0.15) is 12.6 Å². The van der Waals surface area contributed by atoms with Crippen LogP contribution >= 0.6 is 38.5 Å². The summed E-state index contributed by atoms with van der Waals surface area (Å²) in [4.78, 5) is 4.48. The molecule has 2 aliphatic heterocycles. The van der Waals surface area contributed by atoms with Gasteiger partial charge in [-0.2, -0.15) is 5.01 Å². The van der Waals surface area contributed by atoms with E-state index in [1.807, 2.05) is 0 Å². The first-order valence-electron chi connectivity index (χ1n) is 5.37. The van der Waals surface area contributed by atoms with E-state index in [1.54, 1.807) is 7.11 Å². The van der Waals surface area contributed by atoms with Crippen molar-refractivity contribution >= 4 is 44.4 Å². The van der Waals surface area contributed by atoms with Crippen LogP contribution in [0, 0.1) is 5.92 Å². The Morgan fingerprint density at radius 3 is 3.24 bits per heavy atom. The minimum absolute atomic E-state index is 0.321. The first kappa shape index (κ1) is 13.7. The molecule has 0 aromatic carbocycles. The molecule has 0 aromatic heterocycles. The number of methoxy groups -OCH3 is 1. The number of fused-ring (bicyclic) bond motifs is 1. The molecule has 2 aliphatic rings. The molecule has 0 spiro atoms. The standard InChI is InChI=1S/C10H15BrIN3O2/c1-16-2-3-17-6-15-9(12)8-4-7(11)5-13-10(8)14-15/h4,8-9H,2-3,5-6H2,1H3,(H,13,14). The zero-order valence-electron chi connectivity index (χ0n) is 9.53. The fourth-order valence-electron chi connectivity index (χ4n) is 1.72. The number of amidine groups is 1. The number of alkyl halides is 1. The number of hydrogen-bond acceptors (Lipinski definition) is 5. The Hall–Kier alpha value is 0.300. The van der Waals surface area contributed by atoms with Crippen molar-refractivity contribution in [1.29, 1.82) is 0 Å². The number of ether oxygens (including phenoxy) is 2. The zero-order chi connectivity index (χ0) is 12.3. The Labute approximate surface area is 123 Å². The molecule has 0 aromatic rings. The van der Waals surface area contributed by atoms with E-state index in [1.165, 1.54) is 0 Å². The van der Waals surface area contributed by atoms with Crippen LogP contribution in [0.25, 0.3) is 0 Å². The van der Waals surface area contributed by atoms with Gasteiger partial charge in [0.05, 0.1) is 29.7 Å². The third-order valence-electron chi connectivity index (χ3n) is 2.59. The molecule has 0 amide bonds. The van der Waals surface area contributed by atoms with Crippen LogP contribution in [0.4, 0.5) is 0 Å². The Morgan fingerprint density at radius 2 is 2.47 bits per heavy atom. The SMILES string of the molecule is COCCOCN1NC2=NCC(Br)=CC2C1I. The van der Waals surface area contributed by atoms with Gasteiger partial charge < -0.3 is 14.9 Å². The predicted molar refractivity (Wildman–Crippen MR) is 78.3 cm³/mol. The molecule has 2 heterocycles. The lowest BCUT2D eigenvalue weighted by atomic mass is 10.1. The van der Waals surface area contributed by atoms with Crippen LogP contribution in [-0.4, -0.2) is 48.5 Å². The van der Waals surface area contributed by atoms with Gasteiger partial charge in [0.2, 0.25) is 0 Å². The van der Waals surface area contributed by atoms with E-state index in [4.69, 9.17) is 9.47 Å². The maximum Gasteiger partial charge on any atom is 0.121 e. The number of nitrogens with zero attached hydrogens (tertiary/aromatic N) is 2. The summed E-state index contributed by atoms with van der Waals surface area (Å²) in [6.45, 7) is 2.49. The van der Waals surface area contributed by atoms with Gasteiger partial charge >= 0.3 is 0 Å². The molecule has 7 heteroatoms. The van der Waals surface area contributed by atoms with Crippen LogP contribution in [0.1, 0.15) is 0 Å². The molecule has 0 aliphatic carbocycles. The molecule has 2 unspecified atom stereocenters. The molecule has 5 nitrogen and oxygen atoms in total. The fraction of sp³-hybridized carbons (Fsp3) is 0.700. The largest absolute Gasteiger partial charge is 0.382 e. The highest BCUT2D eigenvalue weighted by Crippen LogP contribution is 2.30. The summed E-state index contributed by atoms with van der Waals surface area (Å²) < 4.78 is 11.9. The number of nitrogens with one attached hydrogen (secondary N) is 1. The van der Waals surface area contributed by atoms with E-state index in [2.05, 4.69) is 60.0 Å². The monoisotopic (exact) mass is 415 g/mol. The first-order valence-corrected chi connectivity index (χ1v) is 7.41. The lowest BCUT2D eigenvalue weighted by molar-refractivity contribution is -0.00514. The van der Waals surface area contributed by atoms with Gasteiger partial charge in [-0.15, -0.1) is 0 Å². The van der Waals surface area contributed by atoms with Crippen molar-refractivity contribution < 1.29 is 9.47 Å². The van der Waals surface area contributed by atoms with Crippen molar-refractivity contribution in [2.45, 2.75) is 4.05 Å². The fourth-order valence-corrected chi connectivity index (χ4v) is 2.98. The van der Waals surface area contributed by atoms with Gasteiger partial charge in [-0.3, -0.25) is 4.99 Å².